The van der Waals surface area contributed by atoms with Gasteiger partial charge in [0.15, 0.2) is 0 Å². The Bertz CT molecular complexity index is 543. The van der Waals surface area contributed by atoms with Crippen LogP contribution >= 0.6 is 0 Å². The van der Waals surface area contributed by atoms with Crippen molar-refractivity contribution in [3.05, 3.63) is 30.1 Å². The Morgan fingerprint density at radius 2 is 2.24 bits per heavy atom. The molecule has 0 aliphatic carbocycles. The molecule has 0 fully saturated rings. The minimum atomic E-state index is 0.0218. The number of nitrogens with one attached hydrogen (secondary N) is 1. The number of imidazole rings is 1. The molecule has 1 aromatic heterocycles. The number of hydrogen-bond acceptors (Lipinski definition) is 2. The van der Waals surface area contributed by atoms with Crippen LogP contribution in [0.5, 0.6) is 0 Å². The molecule has 0 unspecified atom stereocenters. The van der Waals surface area contributed by atoms with Gasteiger partial charge < -0.3 is 9.88 Å². The molecule has 4 nitrogen and oxygen atoms in total. The third-order valence-corrected chi connectivity index (χ3v) is 2.78. The van der Waals surface area contributed by atoms with Crippen molar-refractivity contribution in [2.45, 2.75) is 20.4 Å². The van der Waals surface area contributed by atoms with Crippen LogP contribution in [0.4, 0.5) is 0 Å². The Balaban J connectivity index is 2.12. The highest BCUT2D eigenvalue weighted by Gasteiger charge is 2.06. The summed E-state index contributed by atoms with van der Waals surface area (Å²) in [6.45, 7) is 4.33. The van der Waals surface area contributed by atoms with Crippen LogP contribution < -0.4 is 5.32 Å². The molecule has 1 N–H and O–H groups in total. The highest BCUT2D eigenvalue weighted by atomic mass is 16.1. The first-order chi connectivity index (χ1) is 8.08. The van der Waals surface area contributed by atoms with Crippen molar-refractivity contribution in [3.8, 4) is 0 Å². The first kappa shape index (κ1) is 11.6. The number of fused-ring (bicyclic) bond motifs is 1. The highest BCUT2D eigenvalue weighted by Crippen LogP contribution is 2.13. The maximum atomic E-state index is 11.5. The van der Waals surface area contributed by atoms with E-state index in [0.717, 1.165) is 16.6 Å². The largest absolute Gasteiger partial charge is 0.352 e. The predicted molar refractivity (Wildman–Crippen MR) is 67.4 cm³/mol. The lowest BCUT2D eigenvalue weighted by Crippen LogP contribution is -2.27. The fourth-order valence-electron chi connectivity index (χ4n) is 1.68. The van der Waals surface area contributed by atoms with Gasteiger partial charge >= 0.3 is 0 Å². The second-order valence-corrected chi connectivity index (χ2v) is 4.55. The summed E-state index contributed by atoms with van der Waals surface area (Å²) in [7, 11) is 1.97. The van der Waals surface area contributed by atoms with Crippen LogP contribution in [0.2, 0.25) is 0 Å². The summed E-state index contributed by atoms with van der Waals surface area (Å²) in [6.07, 6.45) is 1.79. The van der Waals surface area contributed by atoms with E-state index in [2.05, 4.69) is 10.3 Å². The van der Waals surface area contributed by atoms with E-state index in [9.17, 15) is 4.79 Å². The van der Waals surface area contributed by atoms with Gasteiger partial charge in [-0.2, -0.15) is 0 Å². The Kier molecular flexibility index (Phi) is 3.13. The van der Waals surface area contributed by atoms with Crippen LogP contribution in [0, 0.1) is 5.92 Å². The molecule has 17 heavy (non-hydrogen) atoms. The molecule has 0 aliphatic heterocycles. The Hall–Kier alpha value is -1.84. The highest BCUT2D eigenvalue weighted by molar-refractivity contribution is 5.78. The van der Waals surface area contributed by atoms with E-state index in [1.165, 1.54) is 0 Å². The van der Waals surface area contributed by atoms with Crippen LogP contribution in [0.3, 0.4) is 0 Å². The molecular weight excluding hydrogens is 214 g/mol. The second-order valence-electron chi connectivity index (χ2n) is 4.55. The number of aromatic nitrogens is 2. The zero-order valence-corrected chi connectivity index (χ0v) is 10.4. The first-order valence-corrected chi connectivity index (χ1v) is 5.75. The van der Waals surface area contributed by atoms with E-state index in [-0.39, 0.29) is 11.8 Å². The van der Waals surface area contributed by atoms with E-state index in [4.69, 9.17) is 0 Å². The standard InChI is InChI=1S/C13H17N3O/c1-9(2)13(17)14-7-10-4-5-12-11(6-10)15-8-16(12)3/h4-6,8-9H,7H2,1-3H3,(H,14,17). The Morgan fingerprint density at radius 1 is 1.47 bits per heavy atom. The number of carbonyl (C=O) groups excluding carboxylic acids is 1. The monoisotopic (exact) mass is 231 g/mol. The topological polar surface area (TPSA) is 46.9 Å². The van der Waals surface area contributed by atoms with Crippen molar-refractivity contribution in [2.75, 3.05) is 0 Å². The van der Waals surface area contributed by atoms with Gasteiger partial charge in [-0.25, -0.2) is 4.98 Å². The summed E-state index contributed by atoms with van der Waals surface area (Å²) in [4.78, 5) is 15.7. The average Bonchev–Trinajstić information content (AvgIpc) is 2.67. The van der Waals surface area contributed by atoms with Crippen molar-refractivity contribution in [3.63, 3.8) is 0 Å². The van der Waals surface area contributed by atoms with Gasteiger partial charge in [-0.05, 0) is 17.7 Å². The van der Waals surface area contributed by atoms with E-state index >= 15 is 0 Å². The summed E-state index contributed by atoms with van der Waals surface area (Å²) < 4.78 is 1.98. The molecule has 4 heteroatoms. The zero-order valence-electron chi connectivity index (χ0n) is 10.4. The van der Waals surface area contributed by atoms with Crippen LogP contribution in [0.1, 0.15) is 19.4 Å². The number of carbonyl (C=O) groups is 1. The quantitative estimate of drug-likeness (QED) is 0.876. The molecule has 2 aromatic rings. The normalized spacial score (nSPS) is 11.1. The molecule has 0 spiro atoms. The van der Waals surface area contributed by atoms with Gasteiger partial charge in [-0.1, -0.05) is 19.9 Å². The molecule has 0 bridgehead atoms. The molecule has 0 aliphatic rings. The third-order valence-electron chi connectivity index (χ3n) is 2.78. The predicted octanol–water partition coefficient (Wildman–Crippen LogP) is 1.85. The Labute approximate surface area is 101 Å². The molecule has 0 atom stereocenters. The minimum Gasteiger partial charge on any atom is -0.352 e. The fourth-order valence-corrected chi connectivity index (χ4v) is 1.68. The van der Waals surface area contributed by atoms with Crippen LogP contribution in [-0.4, -0.2) is 15.5 Å². The summed E-state index contributed by atoms with van der Waals surface area (Å²) in [6, 6.07) is 6.06. The smallest absolute Gasteiger partial charge is 0.222 e. The molecule has 1 amide bonds. The SMILES string of the molecule is CC(C)C(=O)NCc1ccc2c(c1)ncn2C. The van der Waals surface area contributed by atoms with Crippen LogP contribution in [0.15, 0.2) is 24.5 Å². The molecule has 1 heterocycles. The number of aryl methyl sites for hydroxylation is 1. The average molecular weight is 231 g/mol. The number of nitrogens with zero attached hydrogens (tertiary/aromatic N) is 2. The zero-order chi connectivity index (χ0) is 12.4. The van der Waals surface area contributed by atoms with Crippen molar-refractivity contribution in [1.29, 1.82) is 0 Å². The molecule has 1 aromatic carbocycles. The van der Waals surface area contributed by atoms with Gasteiger partial charge in [0.1, 0.15) is 0 Å². The first-order valence-electron chi connectivity index (χ1n) is 5.75. The molecule has 0 radical (unpaired) electrons. The van der Waals surface area contributed by atoms with Crippen molar-refractivity contribution >= 4 is 16.9 Å². The van der Waals surface area contributed by atoms with Gasteiger partial charge in [-0.3, -0.25) is 4.79 Å². The molecule has 2 rings (SSSR count). The van der Waals surface area contributed by atoms with E-state index in [0.29, 0.717) is 6.54 Å². The lowest BCUT2D eigenvalue weighted by atomic mass is 10.1. The second kappa shape index (κ2) is 4.57. The van der Waals surface area contributed by atoms with Gasteiger partial charge in [0.05, 0.1) is 17.4 Å². The summed E-state index contributed by atoms with van der Waals surface area (Å²) >= 11 is 0. The van der Waals surface area contributed by atoms with Crippen molar-refractivity contribution in [2.24, 2.45) is 13.0 Å². The third kappa shape index (κ3) is 2.46. The van der Waals surface area contributed by atoms with Crippen LogP contribution in [0.25, 0.3) is 11.0 Å². The van der Waals surface area contributed by atoms with Gasteiger partial charge in [0.2, 0.25) is 5.91 Å². The molecular formula is C13H17N3O. The summed E-state index contributed by atoms with van der Waals surface area (Å²) in [5, 5.41) is 2.90. The van der Waals surface area contributed by atoms with Gasteiger partial charge in [0.25, 0.3) is 0 Å². The van der Waals surface area contributed by atoms with Crippen LogP contribution in [-0.2, 0) is 18.4 Å². The lowest BCUT2D eigenvalue weighted by molar-refractivity contribution is -0.124. The van der Waals surface area contributed by atoms with E-state index in [1.807, 2.05) is 43.7 Å². The van der Waals surface area contributed by atoms with Crippen molar-refractivity contribution in [1.82, 2.24) is 14.9 Å². The number of amides is 1. The van der Waals surface area contributed by atoms with Gasteiger partial charge in [0, 0.05) is 19.5 Å². The van der Waals surface area contributed by atoms with Crippen molar-refractivity contribution < 1.29 is 4.79 Å². The fraction of sp³-hybridized carbons (Fsp3) is 0.385. The molecule has 0 saturated heterocycles. The maximum absolute atomic E-state index is 11.5. The maximum Gasteiger partial charge on any atom is 0.222 e. The number of hydrogen-bond donors (Lipinski definition) is 1. The minimum absolute atomic E-state index is 0.0218. The number of rotatable bonds is 3. The Morgan fingerprint density at radius 3 is 2.94 bits per heavy atom. The molecule has 90 valence electrons. The summed E-state index contributed by atoms with van der Waals surface area (Å²) in [5.41, 5.74) is 3.14. The van der Waals surface area contributed by atoms with E-state index < -0.39 is 0 Å². The van der Waals surface area contributed by atoms with Gasteiger partial charge in [-0.15, -0.1) is 0 Å². The number of benzene rings is 1. The van der Waals surface area contributed by atoms with E-state index in [1.54, 1.807) is 6.33 Å². The lowest BCUT2D eigenvalue weighted by Gasteiger charge is -2.07. The summed E-state index contributed by atoms with van der Waals surface area (Å²) in [5.74, 6) is 0.0969. The molecule has 0 saturated carbocycles.